The monoisotopic (exact) mass is 571 g/mol. The van der Waals surface area contributed by atoms with E-state index in [4.69, 9.17) is 14.6 Å². The van der Waals surface area contributed by atoms with Gasteiger partial charge in [0.25, 0.3) is 6.08 Å². The number of alkyl halides is 3. The van der Waals surface area contributed by atoms with Gasteiger partial charge < -0.3 is 14.8 Å². The second kappa shape index (κ2) is 12.9. The number of rotatable bonds is 8. The van der Waals surface area contributed by atoms with Gasteiger partial charge in [-0.3, -0.25) is 4.68 Å². The van der Waals surface area contributed by atoms with E-state index < -0.39 is 24.3 Å². The Labute approximate surface area is 229 Å². The number of nitrogens with zero attached hydrogens (tertiary/aromatic N) is 4. The Kier molecular flexibility index (Phi) is 9.07. The Hall–Kier alpha value is -5.07. The van der Waals surface area contributed by atoms with Crippen LogP contribution in [-0.4, -0.2) is 42.0 Å². The molecule has 0 aliphatic carbocycles. The van der Waals surface area contributed by atoms with Crippen molar-refractivity contribution in [2.75, 3.05) is 0 Å². The normalized spacial score (nSPS) is 11.8. The van der Waals surface area contributed by atoms with Crippen molar-refractivity contribution in [3.63, 3.8) is 0 Å². The lowest BCUT2D eigenvalue weighted by Crippen LogP contribution is -2.21. The van der Waals surface area contributed by atoms with Crippen molar-refractivity contribution in [3.8, 4) is 17.0 Å². The summed E-state index contributed by atoms with van der Waals surface area (Å²) in [4.78, 5) is 20.6. The number of carbonyl (C=O) groups is 1. The Morgan fingerprint density at radius 3 is 2.54 bits per heavy atom. The van der Waals surface area contributed by atoms with E-state index in [2.05, 4.69) is 20.1 Å². The Morgan fingerprint density at radius 1 is 1.07 bits per heavy atom. The highest BCUT2D eigenvalue weighted by Crippen LogP contribution is 2.30. The summed E-state index contributed by atoms with van der Waals surface area (Å²) in [5.41, 5.74) is 4.08. The van der Waals surface area contributed by atoms with Gasteiger partial charge in [-0.2, -0.15) is 27.1 Å². The molecule has 3 aromatic heterocycles. The van der Waals surface area contributed by atoms with Gasteiger partial charge in [-0.25, -0.2) is 14.8 Å². The first kappa shape index (κ1) is 28.9. The van der Waals surface area contributed by atoms with Crippen LogP contribution in [0.1, 0.15) is 23.6 Å². The zero-order valence-electron chi connectivity index (χ0n) is 21.1. The maximum atomic E-state index is 13.0. The average Bonchev–Trinajstić information content (AvgIpc) is 3.63. The lowest BCUT2D eigenvalue weighted by molar-refractivity contribution is -0.192. The molecule has 0 fully saturated rings. The van der Waals surface area contributed by atoms with E-state index in [0.29, 0.717) is 12.4 Å². The van der Waals surface area contributed by atoms with Crippen LogP contribution in [0.15, 0.2) is 97.7 Å². The summed E-state index contributed by atoms with van der Waals surface area (Å²) in [6.45, 7) is 0.417. The minimum absolute atomic E-state index is 0.0783. The summed E-state index contributed by atoms with van der Waals surface area (Å²) in [7, 11) is 0. The standard InChI is InChI=1S/C26H21F2N5O.C2HF3O2/c27-24(28)10-9-23(19-7-4-8-21(13-19)34-16-18-5-2-1-3-6-18)33-15-20(14-32-33)25-22-11-12-29-26(22)31-17-30-25;3-2(4,5)1(6)7/h1-8,10-15,17,23H,9,16H2,(H,29,30,31);(H,6,7). The lowest BCUT2D eigenvalue weighted by Gasteiger charge is -2.17. The van der Waals surface area contributed by atoms with Crippen LogP contribution in [0.2, 0.25) is 0 Å². The molecule has 0 aliphatic heterocycles. The zero-order valence-corrected chi connectivity index (χ0v) is 21.1. The molecule has 0 bridgehead atoms. The molecule has 2 N–H and O–H groups in total. The van der Waals surface area contributed by atoms with E-state index in [1.807, 2.05) is 66.9 Å². The molecule has 5 aromatic rings. The van der Waals surface area contributed by atoms with Gasteiger partial charge in [-0.05, 0) is 41.8 Å². The van der Waals surface area contributed by atoms with Crippen molar-refractivity contribution >= 4 is 17.0 Å². The van der Waals surface area contributed by atoms with Crippen LogP contribution in [0.3, 0.4) is 0 Å². The quantitative estimate of drug-likeness (QED) is 0.199. The van der Waals surface area contributed by atoms with Crippen molar-refractivity contribution in [2.45, 2.75) is 25.2 Å². The number of aromatic amines is 1. The van der Waals surface area contributed by atoms with Gasteiger partial charge in [-0.15, -0.1) is 0 Å². The van der Waals surface area contributed by atoms with Gasteiger partial charge in [0.1, 0.15) is 24.3 Å². The van der Waals surface area contributed by atoms with Crippen molar-refractivity contribution in [2.24, 2.45) is 0 Å². The fourth-order valence-corrected chi connectivity index (χ4v) is 3.88. The molecule has 0 saturated carbocycles. The molecule has 13 heteroatoms. The molecule has 0 amide bonds. The number of carboxylic acids is 1. The molecule has 0 spiro atoms. The highest BCUT2D eigenvalue weighted by atomic mass is 19.4. The van der Waals surface area contributed by atoms with Gasteiger partial charge in [0.15, 0.2) is 0 Å². The molecule has 2 aromatic carbocycles. The third kappa shape index (κ3) is 7.75. The molecule has 212 valence electrons. The zero-order chi connectivity index (χ0) is 29.4. The fraction of sp³-hybridized carbons (Fsp3) is 0.143. The number of benzene rings is 2. The summed E-state index contributed by atoms with van der Waals surface area (Å²) in [6.07, 6.45) is 0.976. The van der Waals surface area contributed by atoms with Gasteiger partial charge in [0, 0.05) is 23.3 Å². The summed E-state index contributed by atoms with van der Waals surface area (Å²) < 4.78 is 65.4. The van der Waals surface area contributed by atoms with Crippen LogP contribution in [0.4, 0.5) is 22.0 Å². The molecule has 8 nitrogen and oxygen atoms in total. The van der Waals surface area contributed by atoms with Crippen LogP contribution in [0.25, 0.3) is 22.3 Å². The van der Waals surface area contributed by atoms with Crippen LogP contribution < -0.4 is 4.74 Å². The maximum absolute atomic E-state index is 13.0. The van der Waals surface area contributed by atoms with Gasteiger partial charge in [-0.1, -0.05) is 42.5 Å². The second-order valence-electron chi connectivity index (χ2n) is 8.57. The van der Waals surface area contributed by atoms with Crippen molar-refractivity contribution < 1.29 is 36.6 Å². The summed E-state index contributed by atoms with van der Waals surface area (Å²) in [5.74, 6) is -2.10. The number of H-pyrrole nitrogens is 1. The number of aromatic nitrogens is 5. The number of hydrogen-bond acceptors (Lipinski definition) is 5. The number of ether oxygens (including phenoxy) is 1. The van der Waals surface area contributed by atoms with Gasteiger partial charge in [0.05, 0.1) is 17.9 Å². The third-order valence-corrected chi connectivity index (χ3v) is 5.78. The molecule has 41 heavy (non-hydrogen) atoms. The van der Waals surface area contributed by atoms with E-state index in [1.165, 1.54) is 6.33 Å². The first-order valence-electron chi connectivity index (χ1n) is 12.0. The average molecular weight is 572 g/mol. The van der Waals surface area contributed by atoms with Crippen molar-refractivity contribution in [1.29, 1.82) is 0 Å². The topological polar surface area (TPSA) is 106 Å². The number of allylic oxidation sites excluding steroid dienone is 1. The predicted octanol–water partition coefficient (Wildman–Crippen LogP) is 6.79. The molecule has 3 heterocycles. The summed E-state index contributed by atoms with van der Waals surface area (Å²) >= 11 is 0. The highest BCUT2D eigenvalue weighted by Gasteiger charge is 2.38. The summed E-state index contributed by atoms with van der Waals surface area (Å²) in [5, 5.41) is 12.5. The van der Waals surface area contributed by atoms with E-state index in [1.54, 1.807) is 17.1 Å². The van der Waals surface area contributed by atoms with Crippen LogP contribution >= 0.6 is 0 Å². The number of nitrogens with one attached hydrogen (secondary N) is 1. The van der Waals surface area contributed by atoms with Crippen LogP contribution in [-0.2, 0) is 11.4 Å². The fourth-order valence-electron chi connectivity index (χ4n) is 3.88. The molecule has 0 aliphatic rings. The maximum Gasteiger partial charge on any atom is 0.490 e. The Balaban J connectivity index is 0.000000493. The van der Waals surface area contributed by atoms with E-state index in [0.717, 1.165) is 39.5 Å². The molecule has 1 atom stereocenters. The van der Waals surface area contributed by atoms with Crippen LogP contribution in [0.5, 0.6) is 5.75 Å². The molecular weight excluding hydrogens is 549 g/mol. The number of halogens is 5. The first-order valence-corrected chi connectivity index (χ1v) is 12.0. The van der Waals surface area contributed by atoms with E-state index in [9.17, 15) is 22.0 Å². The number of aliphatic carboxylic acids is 1. The summed E-state index contributed by atoms with van der Waals surface area (Å²) in [6, 6.07) is 18.8. The highest BCUT2D eigenvalue weighted by molar-refractivity contribution is 5.90. The van der Waals surface area contributed by atoms with Crippen LogP contribution in [0, 0.1) is 0 Å². The molecular formula is C28H22F5N5O3. The predicted molar refractivity (Wildman–Crippen MR) is 139 cm³/mol. The minimum Gasteiger partial charge on any atom is -0.489 e. The van der Waals surface area contributed by atoms with Gasteiger partial charge >= 0.3 is 12.1 Å². The second-order valence-corrected chi connectivity index (χ2v) is 8.57. The van der Waals surface area contributed by atoms with Gasteiger partial charge in [0.2, 0.25) is 0 Å². The van der Waals surface area contributed by atoms with E-state index >= 15 is 0 Å². The van der Waals surface area contributed by atoms with Crippen molar-refractivity contribution in [3.05, 3.63) is 109 Å². The Bertz CT molecular complexity index is 1630. The Morgan fingerprint density at radius 2 is 1.83 bits per heavy atom. The lowest BCUT2D eigenvalue weighted by atomic mass is 10.0. The van der Waals surface area contributed by atoms with Crippen molar-refractivity contribution in [1.82, 2.24) is 24.7 Å². The number of fused-ring (bicyclic) bond motifs is 1. The molecule has 1 unspecified atom stereocenters. The third-order valence-electron chi connectivity index (χ3n) is 5.78. The smallest absolute Gasteiger partial charge is 0.489 e. The molecule has 0 saturated heterocycles. The number of carboxylic acid groups (broad SMARTS) is 1. The molecule has 5 rings (SSSR count). The largest absolute Gasteiger partial charge is 0.490 e. The first-order chi connectivity index (χ1) is 19.6. The SMILES string of the molecule is FC(F)=CCC(c1cccc(OCc2ccccc2)c1)n1cc(-c2ncnc3[nH]ccc23)cn1.O=C(O)C(F)(F)F. The number of hydrogen-bond donors (Lipinski definition) is 2. The van der Waals surface area contributed by atoms with E-state index in [-0.39, 0.29) is 6.42 Å². The molecule has 0 radical (unpaired) electrons. The minimum atomic E-state index is -5.08.